The number of carbonyl (C=O) groups excluding carboxylic acids is 2. The Morgan fingerprint density at radius 2 is 1.86 bits per heavy atom. The highest BCUT2D eigenvalue weighted by Gasteiger charge is 2.28. The summed E-state index contributed by atoms with van der Waals surface area (Å²) in [6, 6.07) is 5.48. The topological polar surface area (TPSA) is 58.6 Å². The zero-order valence-electron chi connectivity index (χ0n) is 14.2. The van der Waals surface area contributed by atoms with Crippen molar-refractivity contribution in [2.45, 2.75) is 10.7 Å². The summed E-state index contributed by atoms with van der Waals surface area (Å²) < 4.78 is 57.3. The van der Waals surface area contributed by atoms with E-state index in [0.717, 1.165) is 18.2 Å². The van der Waals surface area contributed by atoms with Gasteiger partial charge in [0.1, 0.15) is 23.9 Å². The molecule has 0 bridgehead atoms. The SMILES string of the molecule is COCN(C(=O)Nc1ccc(SC(F)F)cc1Cl)C(=O)c1c(F)cccc1F. The Morgan fingerprint density at radius 3 is 2.39 bits per heavy atom. The molecule has 2 rings (SSSR count). The average molecular weight is 437 g/mol. The van der Waals surface area contributed by atoms with Crippen LogP contribution in [0.2, 0.25) is 5.02 Å². The van der Waals surface area contributed by atoms with Gasteiger partial charge in [0.25, 0.3) is 11.7 Å². The number of rotatable bonds is 6. The molecule has 2 aromatic rings. The minimum Gasteiger partial charge on any atom is -0.364 e. The van der Waals surface area contributed by atoms with Crippen molar-refractivity contribution in [1.29, 1.82) is 0 Å². The van der Waals surface area contributed by atoms with Crippen molar-refractivity contribution in [3.8, 4) is 0 Å². The lowest BCUT2D eigenvalue weighted by Gasteiger charge is -2.21. The van der Waals surface area contributed by atoms with Gasteiger partial charge in [-0.3, -0.25) is 4.79 Å². The summed E-state index contributed by atoms with van der Waals surface area (Å²) in [4.78, 5) is 25.5. The summed E-state index contributed by atoms with van der Waals surface area (Å²) in [6.07, 6.45) is 0. The van der Waals surface area contributed by atoms with E-state index in [-0.39, 0.29) is 27.4 Å². The maximum absolute atomic E-state index is 13.9. The molecular weight excluding hydrogens is 424 g/mol. The van der Waals surface area contributed by atoms with Crippen LogP contribution in [0.1, 0.15) is 10.4 Å². The number of nitrogens with zero attached hydrogens (tertiary/aromatic N) is 1. The minimum atomic E-state index is -2.65. The van der Waals surface area contributed by atoms with Gasteiger partial charge in [0.05, 0.1) is 10.7 Å². The predicted molar refractivity (Wildman–Crippen MR) is 96.7 cm³/mol. The Balaban J connectivity index is 2.25. The summed E-state index contributed by atoms with van der Waals surface area (Å²) in [5.41, 5.74) is -0.919. The smallest absolute Gasteiger partial charge is 0.330 e. The molecule has 0 aliphatic heterocycles. The molecule has 0 saturated carbocycles. The van der Waals surface area contributed by atoms with Crippen LogP contribution in [0.3, 0.4) is 0 Å². The van der Waals surface area contributed by atoms with E-state index < -0.39 is 41.6 Å². The lowest BCUT2D eigenvalue weighted by atomic mass is 10.1. The zero-order valence-corrected chi connectivity index (χ0v) is 15.8. The van der Waals surface area contributed by atoms with Crippen molar-refractivity contribution in [1.82, 2.24) is 4.90 Å². The fourth-order valence-corrected chi connectivity index (χ4v) is 2.96. The first-order chi connectivity index (χ1) is 13.2. The molecule has 0 aliphatic rings. The Kier molecular flexibility index (Phi) is 7.67. The normalized spacial score (nSPS) is 10.8. The Labute approximate surface area is 166 Å². The highest BCUT2D eigenvalue weighted by molar-refractivity contribution is 7.99. The molecule has 150 valence electrons. The molecule has 11 heteroatoms. The van der Waals surface area contributed by atoms with Gasteiger partial charge in [0.15, 0.2) is 0 Å². The van der Waals surface area contributed by atoms with E-state index in [9.17, 15) is 27.2 Å². The van der Waals surface area contributed by atoms with Gasteiger partial charge in [0.2, 0.25) is 0 Å². The Morgan fingerprint density at radius 1 is 1.21 bits per heavy atom. The van der Waals surface area contributed by atoms with E-state index in [2.05, 4.69) is 5.32 Å². The lowest BCUT2D eigenvalue weighted by molar-refractivity contribution is 0.0548. The first kappa shape index (κ1) is 22.0. The fourth-order valence-electron chi connectivity index (χ4n) is 2.13. The number of anilines is 1. The summed E-state index contributed by atoms with van der Waals surface area (Å²) in [5, 5.41) is 2.21. The monoisotopic (exact) mass is 436 g/mol. The van der Waals surface area contributed by atoms with Crippen LogP contribution >= 0.6 is 23.4 Å². The molecule has 0 fully saturated rings. The van der Waals surface area contributed by atoms with Crippen LogP contribution in [0.5, 0.6) is 0 Å². The number of methoxy groups -OCH3 is 1. The number of thioether (sulfide) groups is 1. The number of nitrogens with one attached hydrogen (secondary N) is 1. The molecule has 0 radical (unpaired) electrons. The van der Waals surface area contributed by atoms with Crippen molar-refractivity contribution in [3.05, 3.63) is 58.6 Å². The summed E-state index contributed by atoms with van der Waals surface area (Å²) >= 11 is 6.22. The number of benzene rings is 2. The van der Waals surface area contributed by atoms with Crippen molar-refractivity contribution < 1.29 is 31.9 Å². The quantitative estimate of drug-likeness (QED) is 0.383. The Hall–Kier alpha value is -2.30. The second-order valence-corrected chi connectivity index (χ2v) is 6.67. The number of ether oxygens (including phenoxy) is 1. The van der Waals surface area contributed by atoms with Crippen LogP contribution in [-0.2, 0) is 4.74 Å². The molecule has 0 unspecified atom stereocenters. The fraction of sp³-hybridized carbons (Fsp3) is 0.176. The minimum absolute atomic E-state index is 0.00758. The maximum atomic E-state index is 13.9. The first-order valence-corrected chi connectivity index (χ1v) is 8.80. The summed E-state index contributed by atoms with van der Waals surface area (Å²) in [7, 11) is 1.18. The molecule has 2 aromatic carbocycles. The van der Waals surface area contributed by atoms with E-state index in [4.69, 9.17) is 16.3 Å². The van der Waals surface area contributed by atoms with Crippen molar-refractivity contribution in [2.24, 2.45) is 0 Å². The number of hydrogen-bond acceptors (Lipinski definition) is 4. The molecule has 0 spiro atoms. The molecule has 0 atom stereocenters. The number of hydrogen-bond donors (Lipinski definition) is 1. The van der Waals surface area contributed by atoms with Crippen LogP contribution < -0.4 is 5.32 Å². The number of carbonyl (C=O) groups is 2. The van der Waals surface area contributed by atoms with E-state index in [0.29, 0.717) is 4.90 Å². The van der Waals surface area contributed by atoms with E-state index in [1.54, 1.807) is 0 Å². The lowest BCUT2D eigenvalue weighted by Crippen LogP contribution is -2.42. The highest BCUT2D eigenvalue weighted by Crippen LogP contribution is 2.31. The highest BCUT2D eigenvalue weighted by atomic mass is 35.5. The number of urea groups is 1. The van der Waals surface area contributed by atoms with E-state index in [1.165, 1.54) is 25.3 Å². The van der Waals surface area contributed by atoms with Gasteiger partial charge in [-0.1, -0.05) is 29.4 Å². The summed E-state index contributed by atoms with van der Waals surface area (Å²) in [5.74, 6) is -6.21. The third-order valence-corrected chi connectivity index (χ3v) is 4.35. The van der Waals surface area contributed by atoms with Crippen LogP contribution in [0.4, 0.5) is 28.0 Å². The number of halogens is 5. The van der Waals surface area contributed by atoms with Crippen LogP contribution in [0, 0.1) is 11.6 Å². The van der Waals surface area contributed by atoms with Crippen molar-refractivity contribution in [2.75, 3.05) is 19.2 Å². The van der Waals surface area contributed by atoms with Gasteiger partial charge in [-0.25, -0.2) is 18.5 Å². The van der Waals surface area contributed by atoms with Crippen molar-refractivity contribution >= 4 is 41.0 Å². The van der Waals surface area contributed by atoms with Crippen molar-refractivity contribution in [3.63, 3.8) is 0 Å². The first-order valence-electron chi connectivity index (χ1n) is 7.54. The van der Waals surface area contributed by atoms with Gasteiger partial charge in [0, 0.05) is 12.0 Å². The number of imide groups is 1. The van der Waals surface area contributed by atoms with Gasteiger partial charge >= 0.3 is 6.03 Å². The molecule has 0 saturated heterocycles. The second-order valence-electron chi connectivity index (χ2n) is 5.20. The van der Waals surface area contributed by atoms with Gasteiger partial charge < -0.3 is 10.1 Å². The maximum Gasteiger partial charge on any atom is 0.330 e. The molecule has 5 nitrogen and oxygen atoms in total. The number of alkyl halides is 2. The van der Waals surface area contributed by atoms with E-state index in [1.807, 2.05) is 0 Å². The van der Waals surface area contributed by atoms with Crippen LogP contribution in [0.15, 0.2) is 41.3 Å². The zero-order chi connectivity index (χ0) is 20.8. The third kappa shape index (κ3) is 5.37. The predicted octanol–water partition coefficient (Wildman–Crippen LogP) is 5.21. The standard InChI is InChI=1S/C17H13ClF4N2O3S/c1-27-8-24(15(25)14-11(19)3-2-4-12(14)20)17(26)23-13-6-5-9(7-10(13)18)28-16(21)22/h2-7,16H,8H2,1H3,(H,23,26). The molecule has 1 N–H and O–H groups in total. The molecular formula is C17H13ClF4N2O3S. The number of amides is 3. The average Bonchev–Trinajstić information content (AvgIpc) is 2.61. The summed E-state index contributed by atoms with van der Waals surface area (Å²) in [6.45, 7) is -0.602. The third-order valence-electron chi connectivity index (χ3n) is 3.33. The molecule has 3 amide bonds. The van der Waals surface area contributed by atoms with E-state index >= 15 is 0 Å². The van der Waals surface area contributed by atoms with Crippen LogP contribution in [-0.4, -0.2) is 36.4 Å². The molecule has 0 aliphatic carbocycles. The van der Waals surface area contributed by atoms with Gasteiger partial charge in [-0.2, -0.15) is 8.78 Å². The largest absolute Gasteiger partial charge is 0.364 e. The molecule has 28 heavy (non-hydrogen) atoms. The van der Waals surface area contributed by atoms with Crippen LogP contribution in [0.25, 0.3) is 0 Å². The molecule has 0 heterocycles. The molecule has 0 aromatic heterocycles. The van der Waals surface area contributed by atoms with Gasteiger partial charge in [-0.15, -0.1) is 0 Å². The second kappa shape index (κ2) is 9.76. The van der Waals surface area contributed by atoms with Gasteiger partial charge in [-0.05, 0) is 30.3 Å². The Bertz CT molecular complexity index is 865.